The number of thioether (sulfide) groups is 1. The Hall–Kier alpha value is -1.27. The minimum atomic E-state index is -0.0386. The molecule has 1 atom stereocenters. The molecular weight excluding hydrogens is 194 g/mol. The van der Waals surface area contributed by atoms with Gasteiger partial charge in [0.05, 0.1) is 16.9 Å². The van der Waals surface area contributed by atoms with Crippen molar-refractivity contribution in [3.63, 3.8) is 0 Å². The van der Waals surface area contributed by atoms with Crippen LogP contribution < -0.4 is 0 Å². The van der Waals surface area contributed by atoms with E-state index >= 15 is 0 Å². The lowest BCUT2D eigenvalue weighted by Gasteiger charge is -2.06. The summed E-state index contributed by atoms with van der Waals surface area (Å²) in [6.45, 7) is 0. The number of Topliss-reactive ketones (excluding diaryl/α,β-unsaturated/α-hetero) is 1. The van der Waals surface area contributed by atoms with E-state index in [-0.39, 0.29) is 11.0 Å². The van der Waals surface area contributed by atoms with E-state index in [9.17, 15) is 4.79 Å². The van der Waals surface area contributed by atoms with E-state index in [4.69, 9.17) is 5.26 Å². The average molecular weight is 203 g/mol. The molecule has 1 aromatic rings. The van der Waals surface area contributed by atoms with Crippen LogP contribution in [-0.2, 0) is 4.79 Å². The molecular formula is C11H9NOS. The second kappa shape index (κ2) is 3.85. The molecule has 0 aromatic heterocycles. The summed E-state index contributed by atoms with van der Waals surface area (Å²) in [7, 11) is 0. The zero-order valence-electron chi connectivity index (χ0n) is 7.56. The number of carbonyl (C=O) groups is 1. The zero-order valence-corrected chi connectivity index (χ0v) is 8.38. The summed E-state index contributed by atoms with van der Waals surface area (Å²) < 4.78 is 0. The van der Waals surface area contributed by atoms with Gasteiger partial charge < -0.3 is 0 Å². The van der Waals surface area contributed by atoms with Gasteiger partial charge in [-0.15, -0.1) is 11.8 Å². The molecule has 0 bridgehead atoms. The number of ketones is 1. The van der Waals surface area contributed by atoms with Gasteiger partial charge in [-0.05, 0) is 17.7 Å². The fourth-order valence-corrected chi connectivity index (χ4v) is 2.75. The number of benzene rings is 1. The molecule has 70 valence electrons. The molecule has 2 nitrogen and oxygen atoms in total. The topological polar surface area (TPSA) is 40.9 Å². The molecule has 1 saturated heterocycles. The summed E-state index contributed by atoms with van der Waals surface area (Å²) in [5.74, 6) is 1.19. The summed E-state index contributed by atoms with van der Waals surface area (Å²) in [5, 5.41) is 8.69. The Morgan fingerprint density at radius 1 is 1.50 bits per heavy atom. The lowest BCUT2D eigenvalue weighted by molar-refractivity contribution is -0.117. The first-order valence-electron chi connectivity index (χ1n) is 4.45. The summed E-state index contributed by atoms with van der Waals surface area (Å²) in [6, 6.07) is 9.40. The number of carbonyl (C=O) groups excluding carboxylic acids is 1. The Kier molecular flexibility index (Phi) is 2.55. The normalized spacial score (nSPS) is 20.8. The van der Waals surface area contributed by atoms with E-state index in [2.05, 4.69) is 6.07 Å². The highest BCUT2D eigenvalue weighted by atomic mass is 32.2. The molecule has 0 amide bonds. The highest BCUT2D eigenvalue weighted by Gasteiger charge is 2.26. The molecule has 1 heterocycles. The van der Waals surface area contributed by atoms with Gasteiger partial charge in [0.25, 0.3) is 0 Å². The molecule has 0 radical (unpaired) electrons. The van der Waals surface area contributed by atoms with Crippen molar-refractivity contribution >= 4 is 17.5 Å². The standard InChI is InChI=1S/C11H9NOS/c12-7-8-2-1-3-9(6-8)11-10(13)4-5-14-11/h1-3,6,11H,4-5H2. The first-order chi connectivity index (χ1) is 6.81. The van der Waals surface area contributed by atoms with Crippen LogP contribution in [-0.4, -0.2) is 11.5 Å². The van der Waals surface area contributed by atoms with Crippen molar-refractivity contribution in [2.45, 2.75) is 11.7 Å². The van der Waals surface area contributed by atoms with E-state index in [0.29, 0.717) is 12.0 Å². The highest BCUT2D eigenvalue weighted by Crippen LogP contribution is 2.37. The maximum absolute atomic E-state index is 11.5. The van der Waals surface area contributed by atoms with E-state index < -0.39 is 0 Å². The van der Waals surface area contributed by atoms with Crippen LogP contribution in [0.3, 0.4) is 0 Å². The Balaban J connectivity index is 2.32. The molecule has 1 aliphatic rings. The minimum absolute atomic E-state index is 0.0386. The van der Waals surface area contributed by atoms with Gasteiger partial charge in [-0.1, -0.05) is 12.1 Å². The maximum Gasteiger partial charge on any atom is 0.151 e. The van der Waals surface area contributed by atoms with Crippen molar-refractivity contribution in [1.29, 1.82) is 5.26 Å². The summed E-state index contributed by atoms with van der Waals surface area (Å²) in [6.07, 6.45) is 0.659. The lowest BCUT2D eigenvalue weighted by Crippen LogP contribution is -2.01. The van der Waals surface area contributed by atoms with Crippen LogP contribution in [0, 0.1) is 11.3 Å². The molecule has 1 unspecified atom stereocenters. The molecule has 2 rings (SSSR count). The van der Waals surface area contributed by atoms with Crippen molar-refractivity contribution in [3.05, 3.63) is 35.4 Å². The van der Waals surface area contributed by atoms with Crippen LogP contribution >= 0.6 is 11.8 Å². The third kappa shape index (κ3) is 1.66. The van der Waals surface area contributed by atoms with Crippen molar-refractivity contribution in [3.8, 4) is 6.07 Å². The predicted octanol–water partition coefficient (Wildman–Crippen LogP) is 2.31. The summed E-state index contributed by atoms with van der Waals surface area (Å²) in [4.78, 5) is 11.5. The van der Waals surface area contributed by atoms with Crippen molar-refractivity contribution in [2.75, 3.05) is 5.75 Å². The van der Waals surface area contributed by atoms with Gasteiger partial charge in [0.1, 0.15) is 0 Å². The number of nitrogens with zero attached hydrogens (tertiary/aromatic N) is 1. The zero-order chi connectivity index (χ0) is 9.97. The SMILES string of the molecule is N#Cc1cccc(C2SCCC2=O)c1. The van der Waals surface area contributed by atoms with Gasteiger partial charge >= 0.3 is 0 Å². The summed E-state index contributed by atoms with van der Waals surface area (Å²) >= 11 is 1.66. The molecule has 0 aliphatic carbocycles. The number of hydrogen-bond donors (Lipinski definition) is 0. The Bertz CT molecular complexity index is 408. The Morgan fingerprint density at radius 3 is 3.00 bits per heavy atom. The molecule has 0 saturated carbocycles. The first kappa shape index (κ1) is 9.29. The molecule has 14 heavy (non-hydrogen) atoms. The minimum Gasteiger partial charge on any atom is -0.298 e. The predicted molar refractivity (Wildman–Crippen MR) is 56.0 cm³/mol. The number of rotatable bonds is 1. The van der Waals surface area contributed by atoms with Crippen molar-refractivity contribution in [2.24, 2.45) is 0 Å². The monoisotopic (exact) mass is 203 g/mol. The van der Waals surface area contributed by atoms with Gasteiger partial charge in [-0.25, -0.2) is 0 Å². The van der Waals surface area contributed by atoms with E-state index in [1.54, 1.807) is 23.9 Å². The molecule has 1 aromatic carbocycles. The fraction of sp³-hybridized carbons (Fsp3) is 0.273. The van der Waals surface area contributed by atoms with Crippen LogP contribution in [0.2, 0.25) is 0 Å². The van der Waals surface area contributed by atoms with Crippen LogP contribution in [0.1, 0.15) is 22.8 Å². The second-order valence-electron chi connectivity index (χ2n) is 3.20. The Morgan fingerprint density at radius 2 is 2.36 bits per heavy atom. The fourth-order valence-electron chi connectivity index (χ4n) is 1.55. The van der Waals surface area contributed by atoms with Gasteiger partial charge in [-0.3, -0.25) is 4.79 Å². The summed E-state index contributed by atoms with van der Waals surface area (Å²) in [5.41, 5.74) is 1.60. The van der Waals surface area contributed by atoms with Gasteiger partial charge in [0, 0.05) is 12.2 Å². The van der Waals surface area contributed by atoms with Crippen LogP contribution in [0.4, 0.5) is 0 Å². The maximum atomic E-state index is 11.5. The van der Waals surface area contributed by atoms with Gasteiger partial charge in [0.15, 0.2) is 5.78 Å². The van der Waals surface area contributed by atoms with E-state index in [1.165, 1.54) is 0 Å². The smallest absolute Gasteiger partial charge is 0.151 e. The lowest BCUT2D eigenvalue weighted by atomic mass is 10.1. The molecule has 1 aliphatic heterocycles. The molecule has 0 spiro atoms. The average Bonchev–Trinajstić information content (AvgIpc) is 2.65. The third-order valence-corrected chi connectivity index (χ3v) is 3.55. The largest absolute Gasteiger partial charge is 0.298 e. The second-order valence-corrected chi connectivity index (χ2v) is 4.42. The van der Waals surface area contributed by atoms with Gasteiger partial charge in [-0.2, -0.15) is 5.26 Å². The highest BCUT2D eigenvalue weighted by molar-refractivity contribution is 8.00. The third-order valence-electron chi connectivity index (χ3n) is 2.24. The molecule has 1 fully saturated rings. The van der Waals surface area contributed by atoms with Crippen LogP contribution in [0.15, 0.2) is 24.3 Å². The van der Waals surface area contributed by atoms with E-state index in [1.807, 2.05) is 12.1 Å². The first-order valence-corrected chi connectivity index (χ1v) is 5.50. The Labute approximate surface area is 86.9 Å². The van der Waals surface area contributed by atoms with Crippen molar-refractivity contribution in [1.82, 2.24) is 0 Å². The number of hydrogen-bond acceptors (Lipinski definition) is 3. The van der Waals surface area contributed by atoms with Crippen LogP contribution in [0.5, 0.6) is 0 Å². The van der Waals surface area contributed by atoms with E-state index in [0.717, 1.165) is 11.3 Å². The molecule has 3 heteroatoms. The quantitative estimate of drug-likeness (QED) is 0.703. The van der Waals surface area contributed by atoms with Crippen molar-refractivity contribution < 1.29 is 4.79 Å². The van der Waals surface area contributed by atoms with Crippen LogP contribution in [0.25, 0.3) is 0 Å². The molecule has 0 N–H and O–H groups in total. The van der Waals surface area contributed by atoms with Gasteiger partial charge in [0.2, 0.25) is 0 Å². The number of nitriles is 1.